The van der Waals surface area contributed by atoms with Gasteiger partial charge in [-0.15, -0.1) is 11.3 Å². The van der Waals surface area contributed by atoms with Crippen LogP contribution < -0.4 is 4.90 Å². The van der Waals surface area contributed by atoms with Crippen LogP contribution in [0.3, 0.4) is 0 Å². The van der Waals surface area contributed by atoms with E-state index in [0.717, 1.165) is 85.6 Å². The van der Waals surface area contributed by atoms with E-state index in [0.29, 0.717) is 0 Å². The second-order valence-electron chi connectivity index (χ2n) is 11.3. The van der Waals surface area contributed by atoms with Crippen LogP contribution in [0.5, 0.6) is 0 Å². The normalized spacial score (nSPS) is 22.0. The summed E-state index contributed by atoms with van der Waals surface area (Å²) in [5.41, 5.74) is 3.26. The first-order valence-corrected chi connectivity index (χ1v) is 15.4. The Morgan fingerprint density at radius 1 is 1.00 bits per heavy atom. The molecule has 4 aromatic rings. The summed E-state index contributed by atoms with van der Waals surface area (Å²) in [5.74, 6) is 1.86. The van der Waals surface area contributed by atoms with Crippen molar-refractivity contribution >= 4 is 38.3 Å². The van der Waals surface area contributed by atoms with Crippen LogP contribution in [0.4, 0.5) is 5.82 Å². The number of thiophene rings is 1. The number of likely N-dealkylation sites (tertiary alicyclic amines) is 1. The van der Waals surface area contributed by atoms with Crippen molar-refractivity contribution in [2.24, 2.45) is 0 Å². The van der Waals surface area contributed by atoms with E-state index in [-0.39, 0.29) is 0 Å². The Bertz CT molecular complexity index is 1420. The summed E-state index contributed by atoms with van der Waals surface area (Å²) in [4.78, 5) is 25.2. The van der Waals surface area contributed by atoms with Crippen molar-refractivity contribution in [3.05, 3.63) is 41.4 Å². The van der Waals surface area contributed by atoms with Crippen LogP contribution in [-0.4, -0.2) is 108 Å². The van der Waals surface area contributed by atoms with Gasteiger partial charge in [0.05, 0.1) is 23.4 Å². The third-order valence-electron chi connectivity index (χ3n) is 8.85. The fraction of sp³-hybridized carbons (Fsp3) is 0.533. The number of nitrogens with one attached hydrogen (secondary N) is 1. The maximum atomic E-state index is 5.66. The zero-order valence-electron chi connectivity index (χ0n) is 22.9. The van der Waals surface area contributed by atoms with E-state index in [1.54, 1.807) is 0 Å². The molecule has 3 aliphatic heterocycles. The summed E-state index contributed by atoms with van der Waals surface area (Å²) in [6, 6.07) is 11.6. The molecule has 3 aromatic heterocycles. The molecule has 8 nitrogen and oxygen atoms in total. The Balaban J connectivity index is 1.10. The number of benzene rings is 1. The number of H-pyrrole nitrogens is 1. The summed E-state index contributed by atoms with van der Waals surface area (Å²) >= 11 is 1.87. The first kappa shape index (κ1) is 25.4. The van der Waals surface area contributed by atoms with Crippen LogP contribution in [-0.2, 0) is 11.3 Å². The second-order valence-corrected chi connectivity index (χ2v) is 12.5. The van der Waals surface area contributed by atoms with Crippen LogP contribution in [0.1, 0.15) is 24.1 Å². The predicted octanol–water partition coefficient (Wildman–Crippen LogP) is 4.28. The molecule has 0 saturated carbocycles. The molecule has 0 radical (unpaired) electrons. The molecule has 39 heavy (non-hydrogen) atoms. The van der Waals surface area contributed by atoms with Gasteiger partial charge in [-0.05, 0) is 57.6 Å². The molecule has 0 bridgehead atoms. The van der Waals surface area contributed by atoms with E-state index in [4.69, 9.17) is 14.7 Å². The van der Waals surface area contributed by atoms with Crippen LogP contribution in [0.15, 0.2) is 36.5 Å². The number of ether oxygens (including phenoxy) is 1. The lowest BCUT2D eigenvalue weighted by molar-refractivity contribution is 0.119. The van der Waals surface area contributed by atoms with Gasteiger partial charge in [-0.1, -0.05) is 12.1 Å². The van der Waals surface area contributed by atoms with Crippen molar-refractivity contribution in [1.82, 2.24) is 29.7 Å². The highest BCUT2D eigenvalue weighted by molar-refractivity contribution is 7.19. The fourth-order valence-electron chi connectivity index (χ4n) is 6.50. The number of hydrogen-bond donors (Lipinski definition) is 1. The maximum Gasteiger partial charge on any atom is 0.162 e. The summed E-state index contributed by atoms with van der Waals surface area (Å²) in [6.45, 7) is 11.3. The van der Waals surface area contributed by atoms with Crippen LogP contribution in [0.2, 0.25) is 0 Å². The highest BCUT2D eigenvalue weighted by Gasteiger charge is 2.25. The number of aromatic nitrogens is 3. The third-order valence-corrected chi connectivity index (χ3v) is 9.95. The molecule has 7 rings (SSSR count). The summed E-state index contributed by atoms with van der Waals surface area (Å²) in [7, 11) is 2.29. The quantitative estimate of drug-likeness (QED) is 0.372. The zero-order chi connectivity index (χ0) is 26.2. The van der Waals surface area contributed by atoms with Gasteiger partial charge in [0.15, 0.2) is 11.6 Å². The van der Waals surface area contributed by atoms with Gasteiger partial charge in [0, 0.05) is 79.4 Å². The maximum absolute atomic E-state index is 5.66. The van der Waals surface area contributed by atoms with E-state index < -0.39 is 0 Å². The first-order chi connectivity index (χ1) is 19.2. The topological polar surface area (TPSA) is 63.8 Å². The molecule has 6 heterocycles. The van der Waals surface area contributed by atoms with Crippen molar-refractivity contribution in [3.8, 4) is 11.4 Å². The lowest BCUT2D eigenvalue weighted by Crippen LogP contribution is -2.46. The first-order valence-electron chi connectivity index (χ1n) is 14.6. The molecule has 9 heteroatoms. The van der Waals surface area contributed by atoms with Crippen LogP contribution in [0.25, 0.3) is 32.5 Å². The number of hydrogen-bond acceptors (Lipinski definition) is 8. The predicted molar refractivity (Wildman–Crippen MR) is 160 cm³/mol. The van der Waals surface area contributed by atoms with E-state index in [1.807, 2.05) is 17.5 Å². The average molecular weight is 546 g/mol. The number of morpholine rings is 1. The summed E-state index contributed by atoms with van der Waals surface area (Å²) in [6.07, 6.45) is 6.05. The smallest absolute Gasteiger partial charge is 0.162 e. The minimum Gasteiger partial charge on any atom is -0.378 e. The molecule has 1 unspecified atom stereocenters. The van der Waals surface area contributed by atoms with Gasteiger partial charge < -0.3 is 24.4 Å². The van der Waals surface area contributed by atoms with Crippen LogP contribution >= 0.6 is 11.3 Å². The Labute approximate surface area is 234 Å². The van der Waals surface area contributed by atoms with Crippen molar-refractivity contribution in [2.45, 2.75) is 31.8 Å². The van der Waals surface area contributed by atoms with Gasteiger partial charge in [-0.2, -0.15) is 0 Å². The average Bonchev–Trinajstić information content (AvgIpc) is 3.72. The molecule has 0 amide bonds. The molecule has 1 N–H and O–H groups in total. The van der Waals surface area contributed by atoms with E-state index >= 15 is 0 Å². The monoisotopic (exact) mass is 545 g/mol. The van der Waals surface area contributed by atoms with Crippen molar-refractivity contribution in [2.75, 3.05) is 77.5 Å². The van der Waals surface area contributed by atoms with Gasteiger partial charge in [0.2, 0.25) is 0 Å². The SMILES string of the molecule is CN1CCCC1CCN1CCN(Cc2cc3nc(-c4cccc5[nH]ccc45)nc(N4CCOCC4)c3s2)CC1. The molecule has 1 aromatic carbocycles. The van der Waals surface area contributed by atoms with Crippen LogP contribution in [0, 0.1) is 0 Å². The van der Waals surface area contributed by atoms with E-state index in [2.05, 4.69) is 62.0 Å². The third kappa shape index (κ3) is 5.30. The number of piperazine rings is 1. The lowest BCUT2D eigenvalue weighted by Gasteiger charge is -2.35. The number of fused-ring (bicyclic) bond motifs is 2. The highest BCUT2D eigenvalue weighted by atomic mass is 32.1. The molecule has 0 spiro atoms. The molecular weight excluding hydrogens is 506 g/mol. The Morgan fingerprint density at radius 2 is 1.85 bits per heavy atom. The van der Waals surface area contributed by atoms with Crippen molar-refractivity contribution in [1.29, 1.82) is 0 Å². The number of aromatic amines is 1. The number of rotatable bonds is 7. The Kier molecular flexibility index (Phi) is 7.26. The largest absolute Gasteiger partial charge is 0.378 e. The summed E-state index contributed by atoms with van der Waals surface area (Å²) < 4.78 is 6.87. The molecule has 206 valence electrons. The lowest BCUT2D eigenvalue weighted by atomic mass is 10.1. The molecule has 3 aliphatic rings. The number of anilines is 1. The fourth-order valence-corrected chi connectivity index (χ4v) is 7.65. The van der Waals surface area contributed by atoms with Gasteiger partial charge in [-0.3, -0.25) is 4.90 Å². The standard InChI is InChI=1S/C30H39N7OS/c1-34-10-3-4-22(34)8-11-35-12-14-36(15-13-35)21-23-20-27-28(39-23)30(37-16-18-38-19-17-37)33-29(32-27)25-5-2-6-26-24(25)7-9-31-26/h2,5-7,9,20,22,31H,3-4,8,10-19,21H2,1H3. The number of nitrogens with zero attached hydrogens (tertiary/aromatic N) is 6. The minimum absolute atomic E-state index is 0.744. The van der Waals surface area contributed by atoms with Gasteiger partial charge >= 0.3 is 0 Å². The molecule has 3 fully saturated rings. The van der Waals surface area contributed by atoms with E-state index in [1.165, 1.54) is 55.0 Å². The van der Waals surface area contributed by atoms with Gasteiger partial charge in [0.1, 0.15) is 0 Å². The van der Waals surface area contributed by atoms with Gasteiger partial charge in [0.25, 0.3) is 0 Å². The van der Waals surface area contributed by atoms with E-state index in [9.17, 15) is 0 Å². The minimum atomic E-state index is 0.744. The van der Waals surface area contributed by atoms with Crippen molar-refractivity contribution < 1.29 is 4.74 Å². The molecule has 3 saturated heterocycles. The molecule has 0 aliphatic carbocycles. The highest BCUT2D eigenvalue weighted by Crippen LogP contribution is 2.36. The Morgan fingerprint density at radius 3 is 2.67 bits per heavy atom. The van der Waals surface area contributed by atoms with Gasteiger partial charge in [-0.25, -0.2) is 9.97 Å². The Hall–Kier alpha value is -2.56. The molecular formula is C30H39N7OS. The molecule has 1 atom stereocenters. The second kappa shape index (κ2) is 11.1. The summed E-state index contributed by atoms with van der Waals surface area (Å²) in [5, 5.41) is 1.16. The zero-order valence-corrected chi connectivity index (χ0v) is 23.8. The van der Waals surface area contributed by atoms with Crippen molar-refractivity contribution in [3.63, 3.8) is 0 Å².